The van der Waals surface area contributed by atoms with Crippen molar-refractivity contribution in [2.45, 2.75) is 12.8 Å². The molecule has 0 aliphatic rings. The molecule has 0 aliphatic carbocycles. The molecule has 0 saturated heterocycles. The van der Waals surface area contributed by atoms with Gasteiger partial charge in [0, 0.05) is 17.2 Å². The van der Waals surface area contributed by atoms with E-state index in [0.717, 1.165) is 12.0 Å². The van der Waals surface area contributed by atoms with Crippen molar-refractivity contribution in [1.29, 1.82) is 0 Å². The molecule has 17 heavy (non-hydrogen) atoms. The summed E-state index contributed by atoms with van der Waals surface area (Å²) in [4.78, 5) is 0. The molecule has 0 bridgehead atoms. The van der Waals surface area contributed by atoms with E-state index < -0.39 is 9.84 Å². The van der Waals surface area contributed by atoms with E-state index >= 15 is 0 Å². The molecule has 0 spiro atoms. The van der Waals surface area contributed by atoms with Crippen molar-refractivity contribution >= 4 is 33.0 Å². The maximum absolute atomic E-state index is 11.1. The predicted octanol–water partition coefficient (Wildman–Crippen LogP) is 3.17. The van der Waals surface area contributed by atoms with Gasteiger partial charge >= 0.3 is 0 Å². The van der Waals surface area contributed by atoms with Crippen molar-refractivity contribution in [3.63, 3.8) is 0 Å². The van der Waals surface area contributed by atoms with Crippen LogP contribution < -0.4 is 0 Å². The Morgan fingerprint density at radius 3 is 2.47 bits per heavy atom. The molecule has 1 atom stereocenters. The highest BCUT2D eigenvalue weighted by Crippen LogP contribution is 2.21. The van der Waals surface area contributed by atoms with Crippen LogP contribution in [0.3, 0.4) is 0 Å². The van der Waals surface area contributed by atoms with E-state index in [1.54, 1.807) is 0 Å². The molecule has 0 radical (unpaired) electrons. The summed E-state index contributed by atoms with van der Waals surface area (Å²) < 4.78 is 22.2. The minimum absolute atomic E-state index is 0.145. The van der Waals surface area contributed by atoms with Gasteiger partial charge in [0.1, 0.15) is 9.84 Å². The fraction of sp³-hybridized carbons (Fsp3) is 0.500. The van der Waals surface area contributed by atoms with E-state index in [2.05, 4.69) is 0 Å². The van der Waals surface area contributed by atoms with Gasteiger partial charge in [0.05, 0.1) is 5.75 Å². The van der Waals surface area contributed by atoms with Gasteiger partial charge in [-0.05, 0) is 30.4 Å². The molecular formula is C12H16Cl2O2S. The van der Waals surface area contributed by atoms with Gasteiger partial charge in [0.25, 0.3) is 0 Å². The minimum Gasteiger partial charge on any atom is -0.229 e. The van der Waals surface area contributed by atoms with Crippen molar-refractivity contribution in [2.24, 2.45) is 5.92 Å². The molecule has 5 heteroatoms. The molecule has 0 aliphatic heterocycles. The number of rotatable bonds is 6. The maximum atomic E-state index is 11.1. The summed E-state index contributed by atoms with van der Waals surface area (Å²) in [5, 5.41) is 0.710. The van der Waals surface area contributed by atoms with Crippen LogP contribution in [0.2, 0.25) is 5.02 Å². The molecule has 1 aromatic rings. The molecule has 0 amide bonds. The van der Waals surface area contributed by atoms with Crippen LogP contribution in [0.4, 0.5) is 0 Å². The summed E-state index contributed by atoms with van der Waals surface area (Å²) in [6.07, 6.45) is 2.54. The Balaban J connectivity index is 2.61. The van der Waals surface area contributed by atoms with Gasteiger partial charge in [-0.2, -0.15) is 0 Å². The zero-order valence-corrected chi connectivity index (χ0v) is 12.0. The van der Waals surface area contributed by atoms with Crippen LogP contribution in [0.5, 0.6) is 0 Å². The maximum Gasteiger partial charge on any atom is 0.147 e. The smallest absolute Gasteiger partial charge is 0.147 e. The SMILES string of the molecule is CS(=O)(=O)CCC(CCl)Cc1ccccc1Cl. The highest BCUT2D eigenvalue weighted by atomic mass is 35.5. The molecule has 2 nitrogen and oxygen atoms in total. The standard InChI is InChI=1S/C12H16Cl2O2S/c1-17(15,16)7-6-10(9-13)8-11-4-2-3-5-12(11)14/h2-5,10H,6-9H2,1H3. The van der Waals surface area contributed by atoms with Crippen LogP contribution in [0.15, 0.2) is 24.3 Å². The monoisotopic (exact) mass is 294 g/mol. The van der Waals surface area contributed by atoms with Gasteiger partial charge in [-0.25, -0.2) is 8.42 Å². The van der Waals surface area contributed by atoms with Crippen molar-refractivity contribution in [3.05, 3.63) is 34.9 Å². The van der Waals surface area contributed by atoms with E-state index in [0.29, 0.717) is 17.3 Å². The van der Waals surface area contributed by atoms with Gasteiger partial charge in [-0.15, -0.1) is 11.6 Å². The molecule has 96 valence electrons. The summed E-state index contributed by atoms with van der Waals surface area (Å²) in [7, 11) is -2.92. The second-order valence-corrected chi connectivity index (χ2v) is 7.21. The number of alkyl halides is 1. The van der Waals surface area contributed by atoms with Gasteiger partial charge in [0.2, 0.25) is 0 Å². The average molecular weight is 295 g/mol. The quantitative estimate of drug-likeness (QED) is 0.755. The number of hydrogen-bond donors (Lipinski definition) is 0. The van der Waals surface area contributed by atoms with E-state index in [1.807, 2.05) is 24.3 Å². The third kappa shape index (κ3) is 5.75. The lowest BCUT2D eigenvalue weighted by Gasteiger charge is -2.14. The fourth-order valence-corrected chi connectivity index (χ4v) is 2.83. The highest BCUT2D eigenvalue weighted by molar-refractivity contribution is 7.90. The van der Waals surface area contributed by atoms with Crippen molar-refractivity contribution in [2.75, 3.05) is 17.9 Å². The summed E-state index contributed by atoms with van der Waals surface area (Å²) in [5.74, 6) is 0.765. The van der Waals surface area contributed by atoms with Crippen LogP contribution >= 0.6 is 23.2 Å². The molecule has 1 unspecified atom stereocenters. The van der Waals surface area contributed by atoms with Crippen molar-refractivity contribution in [1.82, 2.24) is 0 Å². The highest BCUT2D eigenvalue weighted by Gasteiger charge is 2.13. The Hall–Kier alpha value is -0.250. The first kappa shape index (κ1) is 14.8. The normalized spacial score (nSPS) is 13.6. The second-order valence-electron chi connectivity index (χ2n) is 4.23. The van der Waals surface area contributed by atoms with Crippen LogP contribution in [-0.2, 0) is 16.3 Å². The van der Waals surface area contributed by atoms with E-state index in [-0.39, 0.29) is 11.7 Å². The van der Waals surface area contributed by atoms with Crippen LogP contribution in [0, 0.1) is 5.92 Å². The fourth-order valence-electron chi connectivity index (χ4n) is 1.59. The van der Waals surface area contributed by atoms with Crippen LogP contribution in [-0.4, -0.2) is 26.3 Å². The van der Waals surface area contributed by atoms with E-state index in [1.165, 1.54) is 6.26 Å². The molecule has 0 heterocycles. The topological polar surface area (TPSA) is 34.1 Å². The van der Waals surface area contributed by atoms with Crippen molar-refractivity contribution in [3.8, 4) is 0 Å². The first-order valence-corrected chi connectivity index (χ1v) is 8.37. The van der Waals surface area contributed by atoms with Gasteiger partial charge in [0.15, 0.2) is 0 Å². The van der Waals surface area contributed by atoms with Crippen LogP contribution in [0.1, 0.15) is 12.0 Å². The second kappa shape index (κ2) is 6.62. The minimum atomic E-state index is -2.92. The first-order chi connectivity index (χ1) is 7.92. The van der Waals surface area contributed by atoms with Gasteiger partial charge in [-0.3, -0.25) is 0 Å². The zero-order chi connectivity index (χ0) is 12.9. The third-order valence-electron chi connectivity index (χ3n) is 2.58. The lowest BCUT2D eigenvalue weighted by molar-refractivity contribution is 0.550. The van der Waals surface area contributed by atoms with Gasteiger partial charge in [-0.1, -0.05) is 29.8 Å². The Morgan fingerprint density at radius 2 is 1.94 bits per heavy atom. The molecule has 1 rings (SSSR count). The third-order valence-corrected chi connectivity index (χ3v) is 4.36. The Labute approximate surface area is 113 Å². The Morgan fingerprint density at radius 1 is 1.29 bits per heavy atom. The molecule has 0 fully saturated rings. The number of halogens is 2. The summed E-state index contributed by atoms with van der Waals surface area (Å²) in [5.41, 5.74) is 1.02. The lowest BCUT2D eigenvalue weighted by atomic mass is 9.99. The van der Waals surface area contributed by atoms with Gasteiger partial charge < -0.3 is 0 Å². The Bertz CT molecular complexity index is 457. The average Bonchev–Trinajstić information content (AvgIpc) is 2.25. The van der Waals surface area contributed by atoms with Crippen molar-refractivity contribution < 1.29 is 8.42 Å². The summed E-state index contributed by atoms with van der Waals surface area (Å²) in [6, 6.07) is 7.57. The number of hydrogen-bond acceptors (Lipinski definition) is 2. The van der Waals surface area contributed by atoms with Crippen LogP contribution in [0.25, 0.3) is 0 Å². The lowest BCUT2D eigenvalue weighted by Crippen LogP contribution is -2.13. The molecular weight excluding hydrogens is 279 g/mol. The molecule has 1 aromatic carbocycles. The summed E-state index contributed by atoms with van der Waals surface area (Å²) in [6.45, 7) is 0. The largest absolute Gasteiger partial charge is 0.229 e. The van der Waals surface area contributed by atoms with E-state index in [9.17, 15) is 8.42 Å². The first-order valence-electron chi connectivity index (χ1n) is 5.39. The Kier molecular flexibility index (Phi) is 5.77. The zero-order valence-electron chi connectivity index (χ0n) is 9.70. The predicted molar refractivity (Wildman–Crippen MR) is 73.7 cm³/mol. The summed E-state index contributed by atoms with van der Waals surface area (Å²) >= 11 is 11.9. The van der Waals surface area contributed by atoms with E-state index in [4.69, 9.17) is 23.2 Å². The number of benzene rings is 1. The molecule has 0 saturated carbocycles. The molecule has 0 N–H and O–H groups in total. The molecule has 0 aromatic heterocycles. The number of sulfone groups is 1.